The normalized spacial score (nSPS) is 12.8. The van der Waals surface area contributed by atoms with E-state index in [0.29, 0.717) is 11.4 Å². The lowest BCUT2D eigenvalue weighted by molar-refractivity contribution is -0.134. The van der Waals surface area contributed by atoms with E-state index in [4.69, 9.17) is 9.94 Å². The summed E-state index contributed by atoms with van der Waals surface area (Å²) < 4.78 is 32.7. The fourth-order valence-corrected chi connectivity index (χ4v) is 4.39. The number of rotatable bonds is 8. The zero-order valence-corrected chi connectivity index (χ0v) is 16.2. The molecule has 0 aliphatic carbocycles. The monoisotopic (exact) mass is 393 g/mol. The van der Waals surface area contributed by atoms with Gasteiger partial charge in [-0.15, -0.1) is 0 Å². The Bertz CT molecular complexity index is 854. The zero-order valence-electron chi connectivity index (χ0n) is 15.4. The second-order valence-corrected chi connectivity index (χ2v) is 8.10. The van der Waals surface area contributed by atoms with Crippen LogP contribution >= 0.6 is 0 Å². The first-order valence-corrected chi connectivity index (χ1v) is 9.75. The fourth-order valence-electron chi connectivity index (χ4n) is 2.70. The maximum Gasteiger partial charge on any atom is 0.262 e. The Labute approximate surface area is 158 Å². The topological polar surface area (TPSA) is 109 Å². The number of hydroxylamine groups is 1. The smallest absolute Gasteiger partial charge is 0.262 e. The van der Waals surface area contributed by atoms with E-state index in [1.807, 2.05) is 0 Å². The number of nitrogens with zero attached hydrogens (tertiary/aromatic N) is 2. The van der Waals surface area contributed by atoms with E-state index in [0.717, 1.165) is 4.31 Å². The number of carbonyl (C=O) groups excluding carboxylic acids is 1. The Morgan fingerprint density at radius 2 is 1.89 bits per heavy atom. The van der Waals surface area contributed by atoms with Crippen LogP contribution in [0.5, 0.6) is 5.75 Å². The van der Waals surface area contributed by atoms with Crippen molar-refractivity contribution in [2.75, 3.05) is 7.11 Å². The lowest BCUT2D eigenvalue weighted by atomic mass is 10.0. The van der Waals surface area contributed by atoms with Crippen LogP contribution in [0.15, 0.2) is 53.6 Å². The summed E-state index contributed by atoms with van der Waals surface area (Å²) in [6.07, 6.45) is 1.55. The van der Waals surface area contributed by atoms with Crippen molar-refractivity contribution >= 4 is 15.9 Å². The molecular formula is C18H23N3O5S. The number of methoxy groups -OCH3 is 1. The fraction of sp³-hybridized carbons (Fsp3) is 0.333. The molecule has 8 nitrogen and oxygen atoms in total. The Hall–Kier alpha value is -2.49. The minimum Gasteiger partial charge on any atom is -0.497 e. The Morgan fingerprint density at radius 1 is 1.22 bits per heavy atom. The second-order valence-electron chi connectivity index (χ2n) is 6.21. The number of pyridine rings is 1. The van der Waals surface area contributed by atoms with Crippen molar-refractivity contribution in [3.8, 4) is 5.75 Å². The molecule has 0 saturated carbocycles. The molecule has 0 bridgehead atoms. The van der Waals surface area contributed by atoms with Crippen molar-refractivity contribution < 1.29 is 23.2 Å². The van der Waals surface area contributed by atoms with Crippen LogP contribution in [0.4, 0.5) is 0 Å². The molecule has 146 valence electrons. The van der Waals surface area contributed by atoms with Gasteiger partial charge in [0.2, 0.25) is 10.0 Å². The lowest BCUT2D eigenvalue weighted by Gasteiger charge is -2.31. The van der Waals surface area contributed by atoms with E-state index in [1.54, 1.807) is 43.7 Å². The van der Waals surface area contributed by atoms with Crippen LogP contribution < -0.4 is 10.2 Å². The molecule has 9 heteroatoms. The molecule has 2 N–H and O–H groups in total. The summed E-state index contributed by atoms with van der Waals surface area (Å²) in [5, 5.41) is 9.12. The van der Waals surface area contributed by atoms with Crippen LogP contribution in [-0.2, 0) is 21.4 Å². The predicted octanol–water partition coefficient (Wildman–Crippen LogP) is 1.81. The number of benzene rings is 1. The molecule has 0 spiro atoms. The molecule has 2 rings (SSSR count). The van der Waals surface area contributed by atoms with Crippen molar-refractivity contribution in [2.45, 2.75) is 31.3 Å². The molecule has 1 unspecified atom stereocenters. The SMILES string of the molecule is COc1ccc(S(=O)(=O)N(Cc2ccccn2)C(C(=O)NO)C(C)C)cc1. The van der Waals surface area contributed by atoms with Gasteiger partial charge >= 0.3 is 0 Å². The number of nitrogens with one attached hydrogen (secondary N) is 1. The quantitative estimate of drug-likeness (QED) is 0.523. The van der Waals surface area contributed by atoms with Gasteiger partial charge in [-0.25, -0.2) is 13.9 Å². The van der Waals surface area contributed by atoms with Crippen LogP contribution in [0.3, 0.4) is 0 Å². The highest BCUT2D eigenvalue weighted by Gasteiger charge is 2.38. The van der Waals surface area contributed by atoms with Crippen molar-refractivity contribution in [1.82, 2.24) is 14.8 Å². The molecular weight excluding hydrogens is 370 g/mol. The van der Waals surface area contributed by atoms with Gasteiger partial charge in [-0.3, -0.25) is 15.0 Å². The standard InChI is InChI=1S/C18H23N3O5S/c1-13(2)17(18(22)20-23)21(12-14-6-4-5-11-19-14)27(24,25)16-9-7-15(26-3)8-10-16/h4-11,13,17,23H,12H2,1-3H3,(H,20,22). The van der Waals surface area contributed by atoms with E-state index in [2.05, 4.69) is 4.98 Å². The summed E-state index contributed by atoms with van der Waals surface area (Å²) in [6.45, 7) is 3.29. The number of sulfonamides is 1. The van der Waals surface area contributed by atoms with Gasteiger partial charge in [0.05, 0.1) is 24.2 Å². The maximum atomic E-state index is 13.3. The minimum atomic E-state index is -4.06. The van der Waals surface area contributed by atoms with Gasteiger partial charge in [0.25, 0.3) is 5.91 Å². The molecule has 0 saturated heterocycles. The molecule has 0 aliphatic rings. The van der Waals surface area contributed by atoms with E-state index < -0.39 is 27.9 Å². The molecule has 1 aromatic carbocycles. The average molecular weight is 393 g/mol. The van der Waals surface area contributed by atoms with Crippen molar-refractivity contribution in [1.29, 1.82) is 0 Å². The lowest BCUT2D eigenvalue weighted by Crippen LogP contribution is -2.51. The van der Waals surface area contributed by atoms with Crippen LogP contribution in [0.25, 0.3) is 0 Å². The highest BCUT2D eigenvalue weighted by atomic mass is 32.2. The van der Waals surface area contributed by atoms with Gasteiger partial charge in [-0.2, -0.15) is 4.31 Å². The summed E-state index contributed by atoms with van der Waals surface area (Å²) in [4.78, 5) is 16.4. The van der Waals surface area contributed by atoms with Gasteiger partial charge in [0.1, 0.15) is 11.8 Å². The third-order valence-corrected chi connectivity index (χ3v) is 5.87. The number of hydrogen-bond acceptors (Lipinski definition) is 6. The molecule has 2 aromatic rings. The van der Waals surface area contributed by atoms with E-state index in [9.17, 15) is 13.2 Å². The van der Waals surface area contributed by atoms with Crippen LogP contribution in [0, 0.1) is 5.92 Å². The van der Waals surface area contributed by atoms with Crippen LogP contribution in [-0.4, -0.2) is 42.0 Å². The molecule has 1 atom stereocenters. The summed E-state index contributed by atoms with van der Waals surface area (Å²) in [5.41, 5.74) is 2.05. The van der Waals surface area contributed by atoms with Gasteiger partial charge < -0.3 is 4.74 Å². The van der Waals surface area contributed by atoms with Crippen molar-refractivity contribution in [3.63, 3.8) is 0 Å². The van der Waals surface area contributed by atoms with E-state index in [1.165, 1.54) is 31.4 Å². The van der Waals surface area contributed by atoms with Crippen LogP contribution in [0.1, 0.15) is 19.5 Å². The predicted molar refractivity (Wildman–Crippen MR) is 98.5 cm³/mol. The molecule has 1 aromatic heterocycles. The number of aromatic nitrogens is 1. The Balaban J connectivity index is 2.53. The number of carbonyl (C=O) groups is 1. The Morgan fingerprint density at radius 3 is 2.37 bits per heavy atom. The first-order chi connectivity index (χ1) is 12.8. The highest BCUT2D eigenvalue weighted by Crippen LogP contribution is 2.25. The number of amides is 1. The number of ether oxygens (including phenoxy) is 1. The van der Waals surface area contributed by atoms with Crippen molar-refractivity contribution in [2.24, 2.45) is 5.92 Å². The third-order valence-electron chi connectivity index (χ3n) is 4.03. The van der Waals surface area contributed by atoms with Crippen LogP contribution in [0.2, 0.25) is 0 Å². The highest BCUT2D eigenvalue weighted by molar-refractivity contribution is 7.89. The largest absolute Gasteiger partial charge is 0.497 e. The van der Waals surface area contributed by atoms with Gasteiger partial charge in [-0.1, -0.05) is 19.9 Å². The van der Waals surface area contributed by atoms with E-state index in [-0.39, 0.29) is 11.4 Å². The van der Waals surface area contributed by atoms with Gasteiger partial charge in [0.15, 0.2) is 0 Å². The third kappa shape index (κ3) is 4.82. The first-order valence-electron chi connectivity index (χ1n) is 8.31. The van der Waals surface area contributed by atoms with Crippen molar-refractivity contribution in [3.05, 3.63) is 54.4 Å². The summed E-state index contributed by atoms with van der Waals surface area (Å²) in [7, 11) is -2.57. The van der Waals surface area contributed by atoms with Gasteiger partial charge in [-0.05, 0) is 42.3 Å². The molecule has 0 aliphatic heterocycles. The first kappa shape index (κ1) is 20.8. The summed E-state index contributed by atoms with van der Waals surface area (Å²) >= 11 is 0. The summed E-state index contributed by atoms with van der Waals surface area (Å²) in [6, 6.07) is 9.88. The Kier molecular flexibility index (Phi) is 6.89. The van der Waals surface area contributed by atoms with E-state index >= 15 is 0 Å². The zero-order chi connectivity index (χ0) is 20.0. The molecule has 1 heterocycles. The second kappa shape index (κ2) is 8.94. The minimum absolute atomic E-state index is 0.00983. The maximum absolute atomic E-state index is 13.3. The van der Waals surface area contributed by atoms with Gasteiger partial charge in [0, 0.05) is 6.20 Å². The average Bonchev–Trinajstić information content (AvgIpc) is 2.67. The molecule has 0 radical (unpaired) electrons. The molecule has 1 amide bonds. The summed E-state index contributed by atoms with van der Waals surface area (Å²) in [5.74, 6) is -0.689. The molecule has 27 heavy (non-hydrogen) atoms. The number of hydrogen-bond donors (Lipinski definition) is 2. The molecule has 0 fully saturated rings.